The van der Waals surface area contributed by atoms with E-state index in [0.717, 1.165) is 38.5 Å². The highest BCUT2D eigenvalue weighted by Crippen LogP contribution is 2.12. The maximum atomic E-state index is 11.9. The number of rotatable bonds is 24. The second-order valence-electron chi connectivity index (χ2n) is 9.13. The second-order valence-corrected chi connectivity index (χ2v) is 9.13. The zero-order valence-electron chi connectivity index (χ0n) is 21.7. The van der Waals surface area contributed by atoms with Gasteiger partial charge >= 0.3 is 11.9 Å². The molecule has 0 saturated heterocycles. The maximum absolute atomic E-state index is 11.9. The van der Waals surface area contributed by atoms with E-state index in [1.165, 1.54) is 77.0 Å². The number of aliphatic hydroxyl groups excluding tert-OH is 1. The van der Waals surface area contributed by atoms with Crippen LogP contribution in [-0.4, -0.2) is 41.8 Å². The van der Waals surface area contributed by atoms with Crippen molar-refractivity contribution < 1.29 is 29.6 Å². The molecule has 0 fully saturated rings. The van der Waals surface area contributed by atoms with Crippen LogP contribution >= 0.6 is 0 Å². The number of carbonyl (C=O) groups excluding carboxylic acids is 2. The molecule has 0 spiro atoms. The van der Waals surface area contributed by atoms with Crippen LogP contribution in [0, 0.1) is 0 Å². The van der Waals surface area contributed by atoms with Gasteiger partial charge in [-0.1, -0.05) is 117 Å². The predicted molar refractivity (Wildman–Crippen MR) is 135 cm³/mol. The number of unbranched alkanes of at least 4 members (excludes halogenated alkanes) is 16. The Morgan fingerprint density at radius 2 is 0.970 bits per heavy atom. The summed E-state index contributed by atoms with van der Waals surface area (Å²) < 4.78 is 10.4. The van der Waals surface area contributed by atoms with Crippen molar-refractivity contribution >= 4 is 11.9 Å². The van der Waals surface area contributed by atoms with Gasteiger partial charge in [-0.2, -0.15) is 0 Å². The van der Waals surface area contributed by atoms with E-state index in [-0.39, 0.29) is 30.6 Å². The van der Waals surface area contributed by atoms with Crippen molar-refractivity contribution in [1.29, 1.82) is 0 Å². The summed E-state index contributed by atoms with van der Waals surface area (Å²) in [7, 11) is 0. The molecular weight excluding hydrogens is 420 g/mol. The average molecular weight is 475 g/mol. The van der Waals surface area contributed by atoms with E-state index in [1.807, 2.05) is 0 Å². The lowest BCUT2D eigenvalue weighted by Crippen LogP contribution is -2.28. The van der Waals surface area contributed by atoms with E-state index >= 15 is 0 Å². The highest BCUT2D eigenvalue weighted by molar-refractivity contribution is 5.70. The normalized spacial score (nSPS) is 11.6. The fraction of sp³-hybridized carbons (Fsp3) is 0.926. The third-order valence-electron chi connectivity index (χ3n) is 5.90. The average Bonchev–Trinajstić information content (AvgIpc) is 2.79. The molecule has 0 aromatic heterocycles. The molecule has 0 aliphatic heterocycles. The smallest absolute Gasteiger partial charge is 0.306 e. The summed E-state index contributed by atoms with van der Waals surface area (Å²) >= 11 is 0. The van der Waals surface area contributed by atoms with Crippen molar-refractivity contribution in [2.75, 3.05) is 13.2 Å². The molecule has 6 nitrogen and oxygen atoms in total. The van der Waals surface area contributed by atoms with Crippen LogP contribution in [0.25, 0.3) is 0 Å². The lowest BCUT2D eigenvalue weighted by molar-refractivity contribution is -0.161. The van der Waals surface area contributed by atoms with Gasteiger partial charge in [0, 0.05) is 12.8 Å². The summed E-state index contributed by atoms with van der Waals surface area (Å²) in [6.45, 7) is 4.07. The Balaban J connectivity index is 0. The topological polar surface area (TPSA) is 104 Å². The highest BCUT2D eigenvalue weighted by atomic mass is 16.6. The fourth-order valence-corrected chi connectivity index (χ4v) is 3.79. The molecule has 198 valence electrons. The van der Waals surface area contributed by atoms with Crippen LogP contribution in [0.15, 0.2) is 0 Å². The first kappa shape index (κ1) is 34.0. The number of hydrogen-bond donors (Lipinski definition) is 1. The van der Waals surface area contributed by atoms with E-state index in [1.54, 1.807) is 0 Å². The molecule has 0 amide bonds. The molecule has 0 unspecified atom stereocenters. The van der Waals surface area contributed by atoms with Gasteiger partial charge in [0.15, 0.2) is 6.10 Å². The predicted octanol–water partition coefficient (Wildman–Crippen LogP) is 6.45. The van der Waals surface area contributed by atoms with E-state index < -0.39 is 6.10 Å². The zero-order valence-corrected chi connectivity index (χ0v) is 21.7. The summed E-state index contributed by atoms with van der Waals surface area (Å²) in [4.78, 5) is 23.8. The third-order valence-corrected chi connectivity index (χ3v) is 5.90. The van der Waals surface area contributed by atoms with Gasteiger partial charge in [0.05, 0.1) is 6.61 Å². The van der Waals surface area contributed by atoms with Gasteiger partial charge in [-0.3, -0.25) is 9.59 Å². The lowest BCUT2D eigenvalue weighted by atomic mass is 10.1. The molecule has 3 N–H and O–H groups in total. The summed E-state index contributed by atoms with van der Waals surface area (Å²) in [5, 5.41) is 9.40. The summed E-state index contributed by atoms with van der Waals surface area (Å²) in [6, 6.07) is 0. The van der Waals surface area contributed by atoms with Gasteiger partial charge in [-0.15, -0.1) is 0 Å². The Bertz CT molecular complexity index is 427. The minimum Gasteiger partial charge on any atom is -0.462 e. The van der Waals surface area contributed by atoms with Crippen LogP contribution in [0.4, 0.5) is 0 Å². The Morgan fingerprint density at radius 3 is 1.36 bits per heavy atom. The van der Waals surface area contributed by atoms with Gasteiger partial charge < -0.3 is 20.1 Å². The summed E-state index contributed by atoms with van der Waals surface area (Å²) in [5.74, 6) is -0.595. The van der Waals surface area contributed by atoms with Gasteiger partial charge in [0.2, 0.25) is 0 Å². The molecule has 0 saturated carbocycles. The van der Waals surface area contributed by atoms with Crippen LogP contribution in [0.3, 0.4) is 0 Å². The Hall–Kier alpha value is -1.14. The Labute approximate surface area is 203 Å². The van der Waals surface area contributed by atoms with Crippen LogP contribution in [0.1, 0.15) is 142 Å². The monoisotopic (exact) mass is 474 g/mol. The zero-order chi connectivity index (χ0) is 23.7. The lowest BCUT2D eigenvalue weighted by Gasteiger charge is -2.15. The van der Waals surface area contributed by atoms with E-state index in [0.29, 0.717) is 12.8 Å². The van der Waals surface area contributed by atoms with Gasteiger partial charge in [0.1, 0.15) is 6.61 Å². The quantitative estimate of drug-likeness (QED) is 0.128. The summed E-state index contributed by atoms with van der Waals surface area (Å²) in [5.41, 5.74) is 0. The first-order valence-corrected chi connectivity index (χ1v) is 13.6. The molecule has 0 bridgehead atoms. The molecule has 6 heteroatoms. The molecule has 0 heterocycles. The van der Waals surface area contributed by atoms with Crippen LogP contribution in [0.5, 0.6) is 0 Å². The maximum Gasteiger partial charge on any atom is 0.306 e. The van der Waals surface area contributed by atoms with Crippen LogP contribution < -0.4 is 0 Å². The molecule has 0 aromatic rings. The SMILES string of the molecule is CCCCCCCCCCCCC(=O)OC[C@H](CO)OC(=O)CCCCCCCCCC.O. The number of ether oxygens (including phenoxy) is 2. The molecule has 0 aliphatic carbocycles. The van der Waals surface area contributed by atoms with Crippen molar-refractivity contribution in [2.24, 2.45) is 0 Å². The minimum absolute atomic E-state index is 0. The van der Waals surface area contributed by atoms with E-state index in [4.69, 9.17) is 9.47 Å². The number of esters is 2. The van der Waals surface area contributed by atoms with Crippen LogP contribution in [0.2, 0.25) is 0 Å². The molecule has 0 rings (SSSR count). The van der Waals surface area contributed by atoms with Crippen molar-refractivity contribution in [3.05, 3.63) is 0 Å². The molecule has 0 aromatic carbocycles. The molecular formula is C27H54O6. The van der Waals surface area contributed by atoms with E-state index in [2.05, 4.69) is 13.8 Å². The van der Waals surface area contributed by atoms with Crippen LogP contribution in [-0.2, 0) is 19.1 Å². The first-order chi connectivity index (χ1) is 15.6. The Kier molecular flexibility index (Phi) is 28.0. The summed E-state index contributed by atoms with van der Waals surface area (Å²) in [6.07, 6.45) is 21.6. The Morgan fingerprint density at radius 1 is 0.606 bits per heavy atom. The number of aliphatic hydroxyl groups is 1. The highest BCUT2D eigenvalue weighted by Gasteiger charge is 2.16. The van der Waals surface area contributed by atoms with Gasteiger partial charge in [0.25, 0.3) is 0 Å². The third kappa shape index (κ3) is 25.3. The van der Waals surface area contributed by atoms with Crippen molar-refractivity contribution in [3.63, 3.8) is 0 Å². The minimum atomic E-state index is -0.756. The van der Waals surface area contributed by atoms with Crippen molar-refractivity contribution in [2.45, 2.75) is 148 Å². The molecule has 33 heavy (non-hydrogen) atoms. The molecule has 0 radical (unpaired) electrons. The van der Waals surface area contributed by atoms with Crippen molar-refractivity contribution in [3.8, 4) is 0 Å². The van der Waals surface area contributed by atoms with Crippen molar-refractivity contribution in [1.82, 2.24) is 0 Å². The van der Waals surface area contributed by atoms with Gasteiger partial charge in [-0.05, 0) is 12.8 Å². The molecule has 0 aliphatic rings. The van der Waals surface area contributed by atoms with E-state index in [9.17, 15) is 14.7 Å². The number of carbonyl (C=O) groups is 2. The largest absolute Gasteiger partial charge is 0.462 e. The molecule has 1 atom stereocenters. The standard InChI is InChI=1S/C27H52O5.H2O/c1-3-5-7-9-11-13-14-16-17-19-21-26(29)31-24-25(23-28)32-27(30)22-20-18-15-12-10-8-6-4-2;/h25,28H,3-24H2,1-2H3;1H2/t25-;/m0./s1. The van der Waals surface area contributed by atoms with Gasteiger partial charge in [-0.25, -0.2) is 0 Å². The first-order valence-electron chi connectivity index (χ1n) is 13.6. The second kappa shape index (κ2) is 27.1. The number of hydrogen-bond acceptors (Lipinski definition) is 5. The fourth-order valence-electron chi connectivity index (χ4n) is 3.79.